The molecular weight excluding hydrogens is 258 g/mol. The van der Waals surface area contributed by atoms with E-state index in [1.807, 2.05) is 0 Å². The monoisotopic (exact) mass is 273 g/mol. The predicted octanol–water partition coefficient (Wildman–Crippen LogP) is 0.0801. The zero-order valence-electron chi connectivity index (χ0n) is 11.3. The molecular formula is C13H15N5O2. The van der Waals surface area contributed by atoms with E-state index in [1.165, 1.54) is 29.5 Å². The van der Waals surface area contributed by atoms with E-state index in [4.69, 9.17) is 0 Å². The van der Waals surface area contributed by atoms with Gasteiger partial charge in [0.1, 0.15) is 5.69 Å². The van der Waals surface area contributed by atoms with Gasteiger partial charge in [0, 0.05) is 36.7 Å². The zero-order chi connectivity index (χ0) is 14.5. The maximum atomic E-state index is 11.9. The molecule has 0 radical (unpaired) electrons. The molecule has 0 aliphatic heterocycles. The van der Waals surface area contributed by atoms with Gasteiger partial charge in [0.25, 0.3) is 11.5 Å². The molecule has 2 aromatic heterocycles. The number of carbonyl (C=O) groups is 1. The van der Waals surface area contributed by atoms with Crippen LogP contribution in [0.15, 0.2) is 29.7 Å². The summed E-state index contributed by atoms with van der Waals surface area (Å²) in [6, 6.07) is 0. The average Bonchev–Trinajstić information content (AvgIpc) is 2.48. The number of rotatable bonds is 4. The molecule has 7 heteroatoms. The Balaban J connectivity index is 1.96. The number of aromatic nitrogens is 4. The van der Waals surface area contributed by atoms with E-state index in [-0.39, 0.29) is 17.2 Å². The van der Waals surface area contributed by atoms with Crippen LogP contribution in [0.4, 0.5) is 0 Å². The predicted molar refractivity (Wildman–Crippen MR) is 72.3 cm³/mol. The van der Waals surface area contributed by atoms with Crippen LogP contribution in [-0.4, -0.2) is 32.0 Å². The Kier molecular flexibility index (Phi) is 4.19. The molecule has 2 aromatic rings. The van der Waals surface area contributed by atoms with E-state index in [2.05, 4.69) is 20.3 Å². The Morgan fingerprint density at radius 3 is 2.80 bits per heavy atom. The Hall–Kier alpha value is -2.57. The molecule has 0 fully saturated rings. The molecule has 0 bridgehead atoms. The van der Waals surface area contributed by atoms with Gasteiger partial charge in [-0.3, -0.25) is 19.1 Å². The van der Waals surface area contributed by atoms with Crippen LogP contribution in [0, 0.1) is 13.8 Å². The number of amides is 1. The molecule has 0 spiro atoms. The van der Waals surface area contributed by atoms with Crippen LogP contribution in [0.5, 0.6) is 0 Å². The fourth-order valence-corrected chi connectivity index (χ4v) is 1.63. The highest BCUT2D eigenvalue weighted by molar-refractivity contribution is 5.91. The van der Waals surface area contributed by atoms with Crippen molar-refractivity contribution in [2.45, 2.75) is 20.4 Å². The highest BCUT2D eigenvalue weighted by atomic mass is 16.2. The molecule has 0 saturated heterocycles. The lowest BCUT2D eigenvalue weighted by atomic mass is 10.3. The van der Waals surface area contributed by atoms with E-state index >= 15 is 0 Å². The van der Waals surface area contributed by atoms with Crippen molar-refractivity contribution in [2.75, 3.05) is 6.54 Å². The SMILES string of the molecule is Cc1ncn(CCNC(=O)c2cnccn2)c(=O)c1C. The van der Waals surface area contributed by atoms with Crippen LogP contribution in [-0.2, 0) is 6.54 Å². The van der Waals surface area contributed by atoms with Crippen molar-refractivity contribution in [2.24, 2.45) is 0 Å². The zero-order valence-corrected chi connectivity index (χ0v) is 11.3. The highest BCUT2D eigenvalue weighted by Gasteiger charge is 2.07. The summed E-state index contributed by atoms with van der Waals surface area (Å²) in [6.45, 7) is 4.20. The van der Waals surface area contributed by atoms with Gasteiger partial charge in [-0.1, -0.05) is 0 Å². The first-order chi connectivity index (χ1) is 9.59. The number of nitrogens with zero attached hydrogens (tertiary/aromatic N) is 4. The van der Waals surface area contributed by atoms with Gasteiger partial charge in [-0.25, -0.2) is 9.97 Å². The molecule has 7 nitrogen and oxygen atoms in total. The number of hydrogen-bond acceptors (Lipinski definition) is 5. The molecule has 0 aromatic carbocycles. The summed E-state index contributed by atoms with van der Waals surface area (Å²) in [5.74, 6) is -0.317. The third kappa shape index (κ3) is 3.05. The van der Waals surface area contributed by atoms with Crippen LogP contribution in [0.25, 0.3) is 0 Å². The average molecular weight is 273 g/mol. The summed E-state index contributed by atoms with van der Waals surface area (Å²) >= 11 is 0. The first kappa shape index (κ1) is 13.9. The Morgan fingerprint density at radius 2 is 2.10 bits per heavy atom. The largest absolute Gasteiger partial charge is 0.349 e. The third-order valence-corrected chi connectivity index (χ3v) is 2.95. The number of nitrogens with one attached hydrogen (secondary N) is 1. The lowest BCUT2D eigenvalue weighted by molar-refractivity contribution is 0.0946. The molecule has 0 atom stereocenters. The molecule has 104 valence electrons. The summed E-state index contributed by atoms with van der Waals surface area (Å²) < 4.78 is 1.47. The summed E-state index contributed by atoms with van der Waals surface area (Å²) in [5.41, 5.74) is 1.49. The maximum Gasteiger partial charge on any atom is 0.271 e. The molecule has 2 rings (SSSR count). The van der Waals surface area contributed by atoms with Crippen LogP contribution < -0.4 is 10.9 Å². The topological polar surface area (TPSA) is 89.8 Å². The van der Waals surface area contributed by atoms with Gasteiger partial charge in [-0.05, 0) is 13.8 Å². The van der Waals surface area contributed by atoms with Gasteiger partial charge in [0.05, 0.1) is 12.5 Å². The number of aryl methyl sites for hydroxylation is 1. The van der Waals surface area contributed by atoms with E-state index in [1.54, 1.807) is 13.8 Å². The Morgan fingerprint density at radius 1 is 1.30 bits per heavy atom. The molecule has 0 unspecified atom stereocenters. The standard InChI is InChI=1S/C13H15N5O2/c1-9-10(2)17-8-18(13(9)20)6-5-16-12(19)11-7-14-3-4-15-11/h3-4,7-8H,5-6H2,1-2H3,(H,16,19). The Bertz CT molecular complexity index is 666. The summed E-state index contributed by atoms with van der Waals surface area (Å²) in [4.78, 5) is 35.5. The molecule has 0 aliphatic carbocycles. The molecule has 1 N–H and O–H groups in total. The minimum atomic E-state index is -0.317. The van der Waals surface area contributed by atoms with Gasteiger partial charge in [0.2, 0.25) is 0 Å². The quantitative estimate of drug-likeness (QED) is 0.852. The summed E-state index contributed by atoms with van der Waals surface area (Å²) in [5, 5.41) is 2.68. The van der Waals surface area contributed by atoms with Crippen molar-refractivity contribution in [3.05, 3.63) is 52.2 Å². The van der Waals surface area contributed by atoms with E-state index in [0.717, 1.165) is 5.69 Å². The second-order valence-corrected chi connectivity index (χ2v) is 4.30. The minimum absolute atomic E-state index is 0.0914. The molecule has 20 heavy (non-hydrogen) atoms. The van der Waals surface area contributed by atoms with Crippen molar-refractivity contribution in [3.8, 4) is 0 Å². The van der Waals surface area contributed by atoms with Crippen LogP contribution in [0.2, 0.25) is 0 Å². The van der Waals surface area contributed by atoms with Crippen molar-refractivity contribution in [1.82, 2.24) is 24.8 Å². The smallest absolute Gasteiger partial charge is 0.271 e. The van der Waals surface area contributed by atoms with Crippen LogP contribution >= 0.6 is 0 Å². The lowest BCUT2D eigenvalue weighted by Crippen LogP contribution is -2.32. The molecule has 0 aliphatic rings. The van der Waals surface area contributed by atoms with Crippen molar-refractivity contribution in [1.29, 1.82) is 0 Å². The first-order valence-corrected chi connectivity index (χ1v) is 6.16. The minimum Gasteiger partial charge on any atom is -0.349 e. The summed E-state index contributed by atoms with van der Waals surface area (Å²) in [7, 11) is 0. The lowest BCUT2D eigenvalue weighted by Gasteiger charge is -2.08. The summed E-state index contributed by atoms with van der Waals surface area (Å²) in [6.07, 6.45) is 5.82. The second kappa shape index (κ2) is 6.05. The van der Waals surface area contributed by atoms with Gasteiger partial charge >= 0.3 is 0 Å². The van der Waals surface area contributed by atoms with Gasteiger partial charge in [-0.15, -0.1) is 0 Å². The fourth-order valence-electron chi connectivity index (χ4n) is 1.63. The van der Waals surface area contributed by atoms with Gasteiger partial charge < -0.3 is 5.32 Å². The van der Waals surface area contributed by atoms with E-state index in [9.17, 15) is 9.59 Å². The third-order valence-electron chi connectivity index (χ3n) is 2.95. The molecule has 2 heterocycles. The highest BCUT2D eigenvalue weighted by Crippen LogP contribution is 1.94. The number of carbonyl (C=O) groups excluding carboxylic acids is 1. The molecule has 1 amide bonds. The van der Waals surface area contributed by atoms with Gasteiger partial charge in [0.15, 0.2) is 0 Å². The van der Waals surface area contributed by atoms with Gasteiger partial charge in [-0.2, -0.15) is 0 Å². The van der Waals surface area contributed by atoms with E-state index < -0.39 is 0 Å². The molecule has 0 saturated carbocycles. The van der Waals surface area contributed by atoms with Crippen molar-refractivity contribution >= 4 is 5.91 Å². The second-order valence-electron chi connectivity index (χ2n) is 4.30. The number of hydrogen-bond donors (Lipinski definition) is 1. The van der Waals surface area contributed by atoms with E-state index in [0.29, 0.717) is 18.7 Å². The fraction of sp³-hybridized carbons (Fsp3) is 0.308. The van der Waals surface area contributed by atoms with Crippen LogP contribution in [0.1, 0.15) is 21.7 Å². The Labute approximate surface area is 115 Å². The first-order valence-electron chi connectivity index (χ1n) is 6.16. The van der Waals surface area contributed by atoms with Crippen LogP contribution in [0.3, 0.4) is 0 Å². The normalized spacial score (nSPS) is 10.3. The van der Waals surface area contributed by atoms with Crippen molar-refractivity contribution in [3.63, 3.8) is 0 Å². The maximum absolute atomic E-state index is 11.9. The van der Waals surface area contributed by atoms with Crippen molar-refractivity contribution < 1.29 is 4.79 Å².